The molecule has 0 spiro atoms. The minimum atomic E-state index is -4.00. The number of aromatic nitrogens is 1. The van der Waals surface area contributed by atoms with E-state index in [1.165, 1.54) is 4.31 Å². The number of hydrogen-bond acceptors (Lipinski definition) is 6. The van der Waals surface area contributed by atoms with E-state index in [9.17, 15) is 18.0 Å². The smallest absolute Gasteiger partial charge is 0.341 e. The highest BCUT2D eigenvalue weighted by molar-refractivity contribution is 7.89. The zero-order valence-corrected chi connectivity index (χ0v) is 22.4. The Bertz CT molecular complexity index is 1220. The quantitative estimate of drug-likeness (QED) is 0.548. The number of carbonyl (C=O) groups is 2. The van der Waals surface area contributed by atoms with Crippen molar-refractivity contribution in [2.75, 3.05) is 50.8 Å². The van der Waals surface area contributed by atoms with Gasteiger partial charge in [-0.3, -0.25) is 4.79 Å². The van der Waals surface area contributed by atoms with Crippen molar-refractivity contribution in [3.8, 4) is 0 Å². The molecule has 0 bridgehead atoms. The molecule has 0 N–H and O–H groups in total. The number of carbonyl (C=O) groups excluding carboxylic acids is 2. The Morgan fingerprint density at radius 3 is 2.31 bits per heavy atom. The molecule has 2 aliphatic rings. The molecule has 1 aromatic heterocycles. The number of piperazine rings is 1. The van der Waals surface area contributed by atoms with Crippen molar-refractivity contribution in [3.63, 3.8) is 0 Å². The van der Waals surface area contributed by atoms with Crippen molar-refractivity contribution in [2.24, 2.45) is 13.0 Å². The first-order chi connectivity index (χ1) is 17.2. The van der Waals surface area contributed by atoms with Crippen molar-refractivity contribution < 1.29 is 22.7 Å². The lowest BCUT2D eigenvalue weighted by Gasteiger charge is -2.39. The van der Waals surface area contributed by atoms with Crippen molar-refractivity contribution in [3.05, 3.63) is 47.3 Å². The van der Waals surface area contributed by atoms with Gasteiger partial charge in [0.1, 0.15) is 10.5 Å². The van der Waals surface area contributed by atoms with E-state index in [0.717, 1.165) is 18.8 Å². The maximum atomic E-state index is 13.8. The third-order valence-electron chi connectivity index (χ3n) is 7.45. The molecule has 2 saturated heterocycles. The fraction of sp³-hybridized carbons (Fsp3) is 0.538. The predicted octanol–water partition coefficient (Wildman–Crippen LogP) is 2.57. The first-order valence-electron chi connectivity index (χ1n) is 12.6. The van der Waals surface area contributed by atoms with Gasteiger partial charge in [-0.1, -0.05) is 18.2 Å². The molecule has 0 aliphatic carbocycles. The van der Waals surface area contributed by atoms with Crippen LogP contribution in [-0.2, 0) is 26.6 Å². The second-order valence-electron chi connectivity index (χ2n) is 9.50. The molecule has 2 fully saturated rings. The highest BCUT2D eigenvalue weighted by atomic mass is 32.2. The minimum Gasteiger partial charge on any atom is -0.462 e. The molecule has 4 rings (SSSR count). The van der Waals surface area contributed by atoms with Crippen LogP contribution in [0.4, 0.5) is 5.69 Å². The molecular weight excluding hydrogens is 480 g/mol. The van der Waals surface area contributed by atoms with E-state index in [4.69, 9.17) is 4.74 Å². The number of benzene rings is 1. The van der Waals surface area contributed by atoms with Gasteiger partial charge in [-0.15, -0.1) is 0 Å². The number of sulfonamides is 1. The first-order valence-corrected chi connectivity index (χ1v) is 14.0. The van der Waals surface area contributed by atoms with Gasteiger partial charge in [0.15, 0.2) is 0 Å². The number of amides is 1. The molecule has 0 unspecified atom stereocenters. The van der Waals surface area contributed by atoms with E-state index in [1.54, 1.807) is 32.4 Å². The zero-order chi connectivity index (χ0) is 26.0. The fourth-order valence-corrected chi connectivity index (χ4v) is 7.25. The van der Waals surface area contributed by atoms with Crippen LogP contribution in [-0.4, -0.2) is 79.9 Å². The summed E-state index contributed by atoms with van der Waals surface area (Å²) in [4.78, 5) is 30.2. The molecule has 2 aliphatic heterocycles. The minimum absolute atomic E-state index is 0.00851. The van der Waals surface area contributed by atoms with E-state index < -0.39 is 21.9 Å². The highest BCUT2D eigenvalue weighted by Gasteiger charge is 2.40. The van der Waals surface area contributed by atoms with Gasteiger partial charge in [-0.2, -0.15) is 4.31 Å². The van der Waals surface area contributed by atoms with Gasteiger partial charge in [-0.05, 0) is 45.7 Å². The molecular formula is C26H36N4O5S. The lowest BCUT2D eigenvalue weighted by Crippen LogP contribution is -2.53. The number of esters is 1. The highest BCUT2D eigenvalue weighted by Crippen LogP contribution is 2.32. The Hall–Kier alpha value is -2.85. The van der Waals surface area contributed by atoms with Crippen molar-refractivity contribution in [1.82, 2.24) is 13.8 Å². The van der Waals surface area contributed by atoms with Crippen LogP contribution in [0.5, 0.6) is 0 Å². The van der Waals surface area contributed by atoms with Crippen LogP contribution in [0.3, 0.4) is 0 Å². The van der Waals surface area contributed by atoms with Gasteiger partial charge in [0, 0.05) is 63.4 Å². The summed E-state index contributed by atoms with van der Waals surface area (Å²) in [5, 5.41) is 0. The standard InChI is InChI=1S/C26H36N4O5S/c1-5-35-26(32)23-19(2)27(4)20(3)24(23)36(33,34)30-13-9-10-21(18-30)25(31)29-16-14-28(15-17-29)22-11-7-6-8-12-22/h6-8,11-12,21H,5,9-10,13-18H2,1-4H3/t21-/m1/s1. The first kappa shape index (κ1) is 26.2. The van der Waals surface area contributed by atoms with Crippen LogP contribution < -0.4 is 4.90 Å². The molecule has 3 heterocycles. The number of rotatable bonds is 6. The maximum absolute atomic E-state index is 13.8. The summed E-state index contributed by atoms with van der Waals surface area (Å²) < 4.78 is 35.9. The lowest BCUT2D eigenvalue weighted by molar-refractivity contribution is -0.137. The molecule has 10 heteroatoms. The lowest BCUT2D eigenvalue weighted by atomic mass is 9.97. The Morgan fingerprint density at radius 2 is 1.67 bits per heavy atom. The summed E-state index contributed by atoms with van der Waals surface area (Å²) in [6.45, 7) is 8.42. The Labute approximate surface area is 213 Å². The topological polar surface area (TPSA) is 92.2 Å². The molecule has 1 atom stereocenters. The van der Waals surface area contributed by atoms with Crippen molar-refractivity contribution in [1.29, 1.82) is 0 Å². The average Bonchev–Trinajstić information content (AvgIpc) is 3.13. The molecule has 1 aromatic carbocycles. The second kappa shape index (κ2) is 10.6. The fourth-order valence-electron chi connectivity index (χ4n) is 5.25. The zero-order valence-electron chi connectivity index (χ0n) is 21.6. The average molecular weight is 517 g/mol. The van der Waals surface area contributed by atoms with E-state index in [-0.39, 0.29) is 29.5 Å². The number of ether oxygens (including phenoxy) is 1. The predicted molar refractivity (Wildman–Crippen MR) is 138 cm³/mol. The van der Waals surface area contributed by atoms with Gasteiger partial charge in [0.25, 0.3) is 0 Å². The molecule has 2 aromatic rings. The Kier molecular flexibility index (Phi) is 7.75. The molecule has 0 saturated carbocycles. The van der Waals surface area contributed by atoms with Crippen LogP contribution in [0.2, 0.25) is 0 Å². The molecule has 36 heavy (non-hydrogen) atoms. The van der Waals surface area contributed by atoms with Crippen LogP contribution in [0.15, 0.2) is 35.2 Å². The largest absolute Gasteiger partial charge is 0.462 e. The van der Waals surface area contributed by atoms with Gasteiger partial charge in [0.05, 0.1) is 12.5 Å². The summed E-state index contributed by atoms with van der Waals surface area (Å²) >= 11 is 0. The summed E-state index contributed by atoms with van der Waals surface area (Å²) in [5.74, 6) is -1.03. The van der Waals surface area contributed by atoms with Crippen LogP contribution in [0.25, 0.3) is 0 Å². The SMILES string of the molecule is CCOC(=O)c1c(S(=O)(=O)N2CCC[C@@H](C(=O)N3CCN(c4ccccc4)CC3)C2)c(C)n(C)c1C. The van der Waals surface area contributed by atoms with Crippen LogP contribution in [0.1, 0.15) is 41.5 Å². The van der Waals surface area contributed by atoms with E-state index in [1.807, 2.05) is 23.1 Å². The normalized spacial score (nSPS) is 19.4. The summed E-state index contributed by atoms with van der Waals surface area (Å²) in [5.41, 5.74) is 2.26. The third kappa shape index (κ3) is 4.88. The van der Waals surface area contributed by atoms with E-state index >= 15 is 0 Å². The van der Waals surface area contributed by atoms with E-state index in [0.29, 0.717) is 43.9 Å². The van der Waals surface area contributed by atoms with Gasteiger partial charge >= 0.3 is 5.97 Å². The van der Waals surface area contributed by atoms with Crippen LogP contribution in [0, 0.1) is 19.8 Å². The number of anilines is 1. The molecule has 0 radical (unpaired) electrons. The number of nitrogens with zero attached hydrogens (tertiary/aromatic N) is 4. The summed E-state index contributed by atoms with van der Waals surface area (Å²) in [7, 11) is -2.26. The third-order valence-corrected chi connectivity index (χ3v) is 9.47. The van der Waals surface area contributed by atoms with Crippen molar-refractivity contribution in [2.45, 2.75) is 38.5 Å². The molecule has 1 amide bonds. The molecule has 196 valence electrons. The second-order valence-corrected chi connectivity index (χ2v) is 11.4. The van der Waals surface area contributed by atoms with Crippen molar-refractivity contribution >= 4 is 27.6 Å². The Morgan fingerprint density at radius 1 is 1.00 bits per heavy atom. The van der Waals surface area contributed by atoms with Crippen LogP contribution >= 0.6 is 0 Å². The number of para-hydroxylation sites is 1. The van der Waals surface area contributed by atoms with Gasteiger partial charge in [-0.25, -0.2) is 13.2 Å². The monoisotopic (exact) mass is 516 g/mol. The number of piperidine rings is 1. The molecule has 9 nitrogen and oxygen atoms in total. The maximum Gasteiger partial charge on any atom is 0.341 e. The summed E-state index contributed by atoms with van der Waals surface area (Å²) in [6, 6.07) is 10.1. The van der Waals surface area contributed by atoms with Gasteiger partial charge < -0.3 is 19.1 Å². The summed E-state index contributed by atoms with van der Waals surface area (Å²) in [6.07, 6.45) is 1.25. The Balaban J connectivity index is 1.50. The van der Waals surface area contributed by atoms with E-state index in [2.05, 4.69) is 17.0 Å². The number of hydrogen-bond donors (Lipinski definition) is 0. The van der Waals surface area contributed by atoms with Gasteiger partial charge in [0.2, 0.25) is 15.9 Å².